The van der Waals surface area contributed by atoms with E-state index in [1.54, 1.807) is 0 Å². The molecule has 1 aromatic heterocycles. The fourth-order valence-corrected chi connectivity index (χ4v) is 2.72. The molecule has 96 valence electrons. The molecule has 2 unspecified atom stereocenters. The molecule has 0 spiro atoms. The van der Waals surface area contributed by atoms with Crippen LogP contribution in [0, 0.1) is 12.8 Å². The second kappa shape index (κ2) is 4.96. The van der Waals surface area contributed by atoms with E-state index in [2.05, 4.69) is 16.9 Å². The van der Waals surface area contributed by atoms with Gasteiger partial charge in [0.2, 0.25) is 0 Å². The Bertz CT molecular complexity index is 399. The SMILES string of the molecule is Cc1nn(C)c(CN2CCC(C(C)N)C2)c1Cl. The first-order valence-electron chi connectivity index (χ1n) is 6.15. The van der Waals surface area contributed by atoms with E-state index in [9.17, 15) is 0 Å². The summed E-state index contributed by atoms with van der Waals surface area (Å²) in [6, 6.07) is 0.281. The van der Waals surface area contributed by atoms with Crippen LogP contribution in [0.2, 0.25) is 5.02 Å². The average molecular weight is 257 g/mol. The molecule has 1 saturated heterocycles. The summed E-state index contributed by atoms with van der Waals surface area (Å²) in [7, 11) is 1.95. The molecule has 1 aromatic rings. The van der Waals surface area contributed by atoms with Crippen molar-refractivity contribution in [2.45, 2.75) is 32.9 Å². The van der Waals surface area contributed by atoms with Gasteiger partial charge < -0.3 is 5.73 Å². The van der Waals surface area contributed by atoms with E-state index >= 15 is 0 Å². The summed E-state index contributed by atoms with van der Waals surface area (Å²) in [5, 5.41) is 5.14. The summed E-state index contributed by atoms with van der Waals surface area (Å²) in [6.45, 7) is 7.08. The summed E-state index contributed by atoms with van der Waals surface area (Å²) in [5.41, 5.74) is 7.96. The van der Waals surface area contributed by atoms with Crippen LogP contribution in [0.1, 0.15) is 24.7 Å². The van der Waals surface area contributed by atoms with Gasteiger partial charge in [0.25, 0.3) is 0 Å². The van der Waals surface area contributed by atoms with Gasteiger partial charge in [0.05, 0.1) is 16.4 Å². The van der Waals surface area contributed by atoms with Gasteiger partial charge in [-0.05, 0) is 32.7 Å². The summed E-state index contributed by atoms with van der Waals surface area (Å²) in [4.78, 5) is 2.41. The number of hydrogen-bond acceptors (Lipinski definition) is 3. The van der Waals surface area contributed by atoms with Gasteiger partial charge in [0.15, 0.2) is 0 Å². The van der Waals surface area contributed by atoms with Crippen LogP contribution in [0.4, 0.5) is 0 Å². The number of nitrogens with two attached hydrogens (primary N) is 1. The fraction of sp³-hybridized carbons (Fsp3) is 0.750. The van der Waals surface area contributed by atoms with E-state index < -0.39 is 0 Å². The van der Waals surface area contributed by atoms with E-state index in [0.717, 1.165) is 36.0 Å². The van der Waals surface area contributed by atoms with Crippen LogP contribution in [-0.2, 0) is 13.6 Å². The molecule has 0 bridgehead atoms. The summed E-state index contributed by atoms with van der Waals surface area (Å²) in [5.74, 6) is 0.614. The topological polar surface area (TPSA) is 47.1 Å². The number of likely N-dealkylation sites (tertiary alicyclic amines) is 1. The Morgan fingerprint density at radius 2 is 2.29 bits per heavy atom. The van der Waals surface area contributed by atoms with Gasteiger partial charge in [-0.3, -0.25) is 9.58 Å². The number of hydrogen-bond donors (Lipinski definition) is 1. The van der Waals surface area contributed by atoms with Crippen molar-refractivity contribution in [1.29, 1.82) is 0 Å². The molecule has 2 N–H and O–H groups in total. The highest BCUT2D eigenvalue weighted by atomic mass is 35.5. The number of aromatic nitrogens is 2. The first-order valence-corrected chi connectivity index (χ1v) is 6.52. The average Bonchev–Trinajstić information content (AvgIpc) is 2.80. The molecule has 2 atom stereocenters. The monoisotopic (exact) mass is 256 g/mol. The Morgan fingerprint density at radius 1 is 1.59 bits per heavy atom. The van der Waals surface area contributed by atoms with Crippen LogP contribution in [0.25, 0.3) is 0 Å². The highest BCUT2D eigenvalue weighted by Gasteiger charge is 2.26. The van der Waals surface area contributed by atoms with Crippen molar-refractivity contribution in [3.05, 3.63) is 16.4 Å². The molecular formula is C12H21ClN4. The largest absolute Gasteiger partial charge is 0.328 e. The maximum Gasteiger partial charge on any atom is 0.0860 e. The molecule has 2 heterocycles. The highest BCUT2D eigenvalue weighted by Crippen LogP contribution is 2.25. The molecule has 1 aliphatic heterocycles. The highest BCUT2D eigenvalue weighted by molar-refractivity contribution is 6.31. The Labute approximate surface area is 108 Å². The first-order chi connectivity index (χ1) is 7.99. The van der Waals surface area contributed by atoms with Gasteiger partial charge in [0.1, 0.15) is 0 Å². The zero-order chi connectivity index (χ0) is 12.6. The minimum absolute atomic E-state index is 0.281. The Hall–Kier alpha value is -0.580. The van der Waals surface area contributed by atoms with Gasteiger partial charge in [-0.1, -0.05) is 11.6 Å². The molecule has 1 aliphatic rings. The van der Waals surface area contributed by atoms with Gasteiger partial charge in [-0.2, -0.15) is 5.10 Å². The van der Waals surface area contributed by atoms with E-state index in [1.807, 2.05) is 18.7 Å². The Kier molecular flexibility index (Phi) is 3.76. The first kappa shape index (κ1) is 12.9. The van der Waals surface area contributed by atoms with Gasteiger partial charge in [-0.15, -0.1) is 0 Å². The lowest BCUT2D eigenvalue weighted by Crippen LogP contribution is -2.30. The van der Waals surface area contributed by atoms with Gasteiger partial charge >= 0.3 is 0 Å². The van der Waals surface area contributed by atoms with Crippen molar-refractivity contribution in [3.8, 4) is 0 Å². The predicted octanol–water partition coefficient (Wildman–Crippen LogP) is 1.55. The molecule has 2 rings (SSSR count). The summed E-state index contributed by atoms with van der Waals surface area (Å²) < 4.78 is 1.89. The minimum atomic E-state index is 0.281. The number of nitrogens with zero attached hydrogens (tertiary/aromatic N) is 3. The zero-order valence-electron chi connectivity index (χ0n) is 10.8. The number of rotatable bonds is 3. The standard InChI is InChI=1S/C12H21ClN4/c1-8(14)10-4-5-17(6-10)7-11-12(13)9(2)15-16(11)3/h8,10H,4-7,14H2,1-3H3. The Morgan fingerprint density at radius 3 is 2.76 bits per heavy atom. The maximum absolute atomic E-state index is 6.26. The van der Waals surface area contributed by atoms with Gasteiger partial charge in [0, 0.05) is 26.2 Å². The van der Waals surface area contributed by atoms with Crippen molar-refractivity contribution in [3.63, 3.8) is 0 Å². The summed E-state index contributed by atoms with van der Waals surface area (Å²) >= 11 is 6.26. The minimum Gasteiger partial charge on any atom is -0.328 e. The van der Waals surface area contributed by atoms with Crippen LogP contribution < -0.4 is 5.73 Å². The normalized spacial score (nSPS) is 23.2. The van der Waals surface area contributed by atoms with Crippen LogP contribution in [0.3, 0.4) is 0 Å². The van der Waals surface area contributed by atoms with Crippen molar-refractivity contribution in [1.82, 2.24) is 14.7 Å². The van der Waals surface area contributed by atoms with E-state index in [4.69, 9.17) is 17.3 Å². The summed E-state index contributed by atoms with van der Waals surface area (Å²) in [6.07, 6.45) is 1.19. The van der Waals surface area contributed by atoms with E-state index in [1.165, 1.54) is 6.42 Å². The molecule has 0 aromatic carbocycles. The molecular weight excluding hydrogens is 236 g/mol. The molecule has 17 heavy (non-hydrogen) atoms. The van der Waals surface area contributed by atoms with Crippen LogP contribution in [0.15, 0.2) is 0 Å². The third-order valence-corrected chi connectivity index (χ3v) is 4.18. The molecule has 0 saturated carbocycles. The third kappa shape index (κ3) is 2.64. The lowest BCUT2D eigenvalue weighted by atomic mass is 10.0. The second-order valence-corrected chi connectivity index (χ2v) is 5.49. The lowest BCUT2D eigenvalue weighted by molar-refractivity contribution is 0.300. The lowest BCUT2D eigenvalue weighted by Gasteiger charge is -2.18. The van der Waals surface area contributed by atoms with Gasteiger partial charge in [-0.25, -0.2) is 0 Å². The van der Waals surface area contributed by atoms with Crippen LogP contribution >= 0.6 is 11.6 Å². The van der Waals surface area contributed by atoms with E-state index in [-0.39, 0.29) is 6.04 Å². The third-order valence-electron chi connectivity index (χ3n) is 3.69. The van der Waals surface area contributed by atoms with Crippen molar-refractivity contribution >= 4 is 11.6 Å². The molecule has 0 amide bonds. The predicted molar refractivity (Wildman–Crippen MR) is 70.0 cm³/mol. The number of halogens is 1. The molecule has 1 fully saturated rings. The smallest absolute Gasteiger partial charge is 0.0860 e. The Balaban J connectivity index is 2.03. The molecule has 5 heteroatoms. The van der Waals surface area contributed by atoms with Crippen LogP contribution in [-0.4, -0.2) is 33.8 Å². The zero-order valence-corrected chi connectivity index (χ0v) is 11.5. The van der Waals surface area contributed by atoms with Crippen molar-refractivity contribution in [2.24, 2.45) is 18.7 Å². The molecule has 0 radical (unpaired) electrons. The van der Waals surface area contributed by atoms with E-state index in [0.29, 0.717) is 5.92 Å². The van der Waals surface area contributed by atoms with Crippen molar-refractivity contribution in [2.75, 3.05) is 13.1 Å². The maximum atomic E-state index is 6.26. The molecule has 0 aliphatic carbocycles. The quantitative estimate of drug-likeness (QED) is 0.893. The van der Waals surface area contributed by atoms with Crippen molar-refractivity contribution < 1.29 is 0 Å². The second-order valence-electron chi connectivity index (χ2n) is 5.11. The fourth-order valence-electron chi connectivity index (χ4n) is 2.50. The van der Waals surface area contributed by atoms with Crippen LogP contribution in [0.5, 0.6) is 0 Å². The number of aryl methyl sites for hydroxylation is 2. The molecule has 4 nitrogen and oxygen atoms in total.